The van der Waals surface area contributed by atoms with Crippen LogP contribution in [0.1, 0.15) is 66.8 Å². The number of non-ortho nitro benzene ring substituents is 2. The number of aryl methyl sites for hydroxylation is 8. The standard InChI is InChI=1S/C48H42N2O4/c51-49(52)47-29-19-39(20-30-47)11-5-35-1-7-37(8-2-35)13-27-45-33-41-15-23-43(45)25-17-42-16-24-44(26-18-41)46(34-42)28-14-38-9-3-36(4-10-38)6-12-40-21-31-48(32-22-40)50(53)54/h1-4,7-10,13-16,19-24,27-34H,5-6,11-12,17-18,25-26H2/b27-13+,28-14+. The van der Waals surface area contributed by atoms with Crippen molar-refractivity contribution in [1.29, 1.82) is 0 Å². The predicted molar refractivity (Wildman–Crippen MR) is 219 cm³/mol. The lowest BCUT2D eigenvalue weighted by Gasteiger charge is -2.15. The minimum absolute atomic E-state index is 0.125. The van der Waals surface area contributed by atoms with Crippen molar-refractivity contribution in [3.05, 3.63) is 220 Å². The van der Waals surface area contributed by atoms with Gasteiger partial charge < -0.3 is 0 Å². The van der Waals surface area contributed by atoms with Crippen molar-refractivity contribution in [3.8, 4) is 0 Å². The molecule has 54 heavy (non-hydrogen) atoms. The summed E-state index contributed by atoms with van der Waals surface area (Å²) < 4.78 is 0. The first-order chi connectivity index (χ1) is 26.3. The Kier molecular flexibility index (Phi) is 11.3. The molecule has 0 N–H and O–H groups in total. The molecule has 0 heterocycles. The SMILES string of the molecule is O=[N+]([O-])c1ccc(CCc2ccc(/C=C/c3cc4ccc3CCc3ccc(c(/C=C/c5ccc(CCc6ccc([N+](=O)[O-])cc6)cc5)c3)CC4)cc2)cc1. The van der Waals surface area contributed by atoms with Crippen molar-refractivity contribution in [2.24, 2.45) is 0 Å². The van der Waals surface area contributed by atoms with Crippen LogP contribution >= 0.6 is 0 Å². The second-order valence-corrected chi connectivity index (χ2v) is 14.1. The van der Waals surface area contributed by atoms with Crippen LogP contribution in [0.25, 0.3) is 24.3 Å². The fourth-order valence-electron chi connectivity index (χ4n) is 7.03. The van der Waals surface area contributed by atoms with Gasteiger partial charge in [-0.2, -0.15) is 0 Å². The summed E-state index contributed by atoms with van der Waals surface area (Å²) in [5, 5.41) is 21.9. The van der Waals surface area contributed by atoms with E-state index in [2.05, 4.69) is 109 Å². The first-order valence-electron chi connectivity index (χ1n) is 18.6. The van der Waals surface area contributed by atoms with Crippen LogP contribution in [0.3, 0.4) is 0 Å². The molecule has 6 aromatic carbocycles. The number of rotatable bonds is 12. The van der Waals surface area contributed by atoms with Crippen molar-refractivity contribution in [1.82, 2.24) is 0 Å². The Morgan fingerprint density at radius 2 is 0.741 bits per heavy atom. The van der Waals surface area contributed by atoms with E-state index in [0.29, 0.717) is 0 Å². The van der Waals surface area contributed by atoms with Crippen molar-refractivity contribution >= 4 is 35.7 Å². The summed E-state index contributed by atoms with van der Waals surface area (Å²) in [4.78, 5) is 21.1. The van der Waals surface area contributed by atoms with Gasteiger partial charge in [0.15, 0.2) is 0 Å². The van der Waals surface area contributed by atoms with Gasteiger partial charge in [0.05, 0.1) is 9.85 Å². The lowest BCUT2D eigenvalue weighted by atomic mass is 9.90. The van der Waals surface area contributed by atoms with Crippen LogP contribution in [0.15, 0.2) is 133 Å². The average Bonchev–Trinajstić information content (AvgIpc) is 3.20. The van der Waals surface area contributed by atoms with Gasteiger partial charge in [-0.3, -0.25) is 20.2 Å². The third-order valence-corrected chi connectivity index (χ3v) is 10.4. The zero-order valence-corrected chi connectivity index (χ0v) is 30.2. The number of nitrogens with zero attached hydrogens (tertiary/aromatic N) is 2. The van der Waals surface area contributed by atoms with E-state index in [1.807, 2.05) is 24.3 Å². The molecule has 4 aliphatic carbocycles. The molecule has 0 saturated carbocycles. The molecule has 0 unspecified atom stereocenters. The van der Waals surface area contributed by atoms with Gasteiger partial charge in [-0.25, -0.2) is 0 Å². The second kappa shape index (κ2) is 17.0. The van der Waals surface area contributed by atoms with E-state index in [1.165, 1.54) is 44.5 Å². The molecule has 0 fully saturated rings. The third-order valence-electron chi connectivity index (χ3n) is 10.4. The van der Waals surface area contributed by atoms with E-state index in [4.69, 9.17) is 0 Å². The molecule has 0 radical (unpaired) electrons. The van der Waals surface area contributed by atoms with Crippen LogP contribution in [0.5, 0.6) is 0 Å². The van der Waals surface area contributed by atoms with E-state index < -0.39 is 0 Å². The number of hydrogen-bond donors (Lipinski definition) is 0. The second-order valence-electron chi connectivity index (χ2n) is 14.1. The quantitative estimate of drug-likeness (QED) is 0.0719. The van der Waals surface area contributed by atoms with E-state index in [9.17, 15) is 20.2 Å². The number of nitro benzene ring substituents is 2. The van der Waals surface area contributed by atoms with Crippen molar-refractivity contribution in [3.63, 3.8) is 0 Å². The smallest absolute Gasteiger partial charge is 0.258 e. The van der Waals surface area contributed by atoms with Crippen LogP contribution in [0.2, 0.25) is 0 Å². The molecule has 6 nitrogen and oxygen atoms in total. The van der Waals surface area contributed by atoms with Crippen molar-refractivity contribution < 1.29 is 9.85 Å². The lowest BCUT2D eigenvalue weighted by Crippen LogP contribution is -2.02. The molecule has 0 atom stereocenters. The Morgan fingerprint density at radius 3 is 1.07 bits per heavy atom. The van der Waals surface area contributed by atoms with E-state index >= 15 is 0 Å². The normalized spacial score (nSPS) is 12.6. The summed E-state index contributed by atoms with van der Waals surface area (Å²) in [6, 6.07) is 44.9. The van der Waals surface area contributed by atoms with Crippen LogP contribution in [-0.2, 0) is 51.4 Å². The molecule has 0 spiro atoms. The van der Waals surface area contributed by atoms with Gasteiger partial charge in [-0.05, 0) is 118 Å². The maximum atomic E-state index is 10.9. The molecular formula is C48H42N2O4. The molecule has 0 aliphatic heterocycles. The largest absolute Gasteiger partial charge is 0.269 e. The van der Waals surface area contributed by atoms with Crippen molar-refractivity contribution in [2.75, 3.05) is 0 Å². The lowest BCUT2D eigenvalue weighted by molar-refractivity contribution is -0.385. The highest BCUT2D eigenvalue weighted by molar-refractivity contribution is 5.73. The topological polar surface area (TPSA) is 86.3 Å². The van der Waals surface area contributed by atoms with Gasteiger partial charge >= 0.3 is 0 Å². The highest BCUT2D eigenvalue weighted by Gasteiger charge is 2.10. The fraction of sp³-hybridized carbons (Fsp3) is 0.167. The summed E-state index contributed by atoms with van der Waals surface area (Å²) >= 11 is 0. The predicted octanol–water partition coefficient (Wildman–Crippen LogP) is 11.3. The maximum absolute atomic E-state index is 10.9. The summed E-state index contributed by atoms with van der Waals surface area (Å²) in [6.45, 7) is 0. The Hall–Kier alpha value is -6.40. The average molecular weight is 711 g/mol. The van der Waals surface area contributed by atoms with E-state index in [0.717, 1.165) is 73.6 Å². The molecule has 10 rings (SSSR count). The summed E-state index contributed by atoms with van der Waals surface area (Å²) in [7, 11) is 0. The van der Waals surface area contributed by atoms with Gasteiger partial charge in [0.1, 0.15) is 0 Å². The number of hydrogen-bond acceptors (Lipinski definition) is 4. The minimum Gasteiger partial charge on any atom is -0.258 e. The highest BCUT2D eigenvalue weighted by atomic mass is 16.6. The maximum Gasteiger partial charge on any atom is 0.269 e. The van der Waals surface area contributed by atoms with E-state index in [1.54, 1.807) is 24.3 Å². The fourth-order valence-corrected chi connectivity index (χ4v) is 7.03. The Morgan fingerprint density at radius 1 is 0.407 bits per heavy atom. The van der Waals surface area contributed by atoms with Gasteiger partial charge in [-0.15, -0.1) is 0 Å². The molecule has 6 aromatic rings. The van der Waals surface area contributed by atoms with Gasteiger partial charge in [0, 0.05) is 24.3 Å². The van der Waals surface area contributed by atoms with Gasteiger partial charge in [0.2, 0.25) is 0 Å². The number of benzene rings is 6. The molecule has 0 amide bonds. The molecule has 0 saturated heterocycles. The molecular weight excluding hydrogens is 669 g/mol. The third kappa shape index (κ3) is 9.52. The van der Waals surface area contributed by atoms with Gasteiger partial charge in [-0.1, -0.05) is 133 Å². The number of nitro groups is 2. The van der Waals surface area contributed by atoms with Crippen LogP contribution in [0, 0.1) is 20.2 Å². The molecule has 4 bridgehead atoms. The summed E-state index contributed by atoms with van der Waals surface area (Å²) in [5.74, 6) is 0. The van der Waals surface area contributed by atoms with E-state index in [-0.39, 0.29) is 21.2 Å². The zero-order chi connectivity index (χ0) is 37.3. The van der Waals surface area contributed by atoms with Gasteiger partial charge in [0.25, 0.3) is 11.4 Å². The molecule has 6 heteroatoms. The Balaban J connectivity index is 0.965. The monoisotopic (exact) mass is 710 g/mol. The van der Waals surface area contributed by atoms with Crippen LogP contribution < -0.4 is 0 Å². The molecule has 268 valence electrons. The van der Waals surface area contributed by atoms with Crippen molar-refractivity contribution in [2.45, 2.75) is 51.4 Å². The van der Waals surface area contributed by atoms with Crippen LogP contribution in [0.4, 0.5) is 11.4 Å². The summed E-state index contributed by atoms with van der Waals surface area (Å²) in [6.07, 6.45) is 16.2. The Bertz CT molecular complexity index is 2140. The first-order valence-corrected chi connectivity index (χ1v) is 18.6. The Labute approximate surface area is 316 Å². The summed E-state index contributed by atoms with van der Waals surface area (Å²) in [5.41, 5.74) is 15.2. The van der Waals surface area contributed by atoms with Crippen LogP contribution in [-0.4, -0.2) is 9.85 Å². The molecule has 0 aromatic heterocycles. The first kappa shape index (κ1) is 36.0. The minimum atomic E-state index is -0.363. The molecule has 4 aliphatic rings. The zero-order valence-electron chi connectivity index (χ0n) is 30.2. The highest BCUT2D eigenvalue weighted by Crippen LogP contribution is 2.25.